The highest BCUT2D eigenvalue weighted by molar-refractivity contribution is 7.58. The normalized spacial score (nSPS) is 21.2. The number of hydrogen-bond acceptors (Lipinski definition) is 3. The minimum atomic E-state index is -3.27. The fourth-order valence-electron chi connectivity index (χ4n) is 3.45. The molecule has 4 nitrogen and oxygen atoms in total. The maximum Gasteiger partial charge on any atom is 0.203 e. The van der Waals surface area contributed by atoms with Crippen LogP contribution in [0.1, 0.15) is 50.6 Å². The van der Waals surface area contributed by atoms with Crippen molar-refractivity contribution in [1.82, 2.24) is 5.32 Å². The number of halogens is 1. The van der Waals surface area contributed by atoms with Crippen LogP contribution in [0, 0.1) is 5.92 Å². The van der Waals surface area contributed by atoms with Gasteiger partial charge < -0.3 is 15.3 Å². The molecule has 1 aromatic rings. The van der Waals surface area contributed by atoms with Crippen LogP contribution < -0.4 is 5.32 Å². The predicted octanol–water partition coefficient (Wildman–Crippen LogP) is 4.20. The van der Waals surface area contributed by atoms with E-state index in [9.17, 15) is 14.6 Å². The Morgan fingerprint density at radius 1 is 1.33 bits per heavy atom. The first-order chi connectivity index (χ1) is 11.4. The van der Waals surface area contributed by atoms with Crippen LogP contribution in [-0.4, -0.2) is 35.0 Å². The van der Waals surface area contributed by atoms with Crippen LogP contribution >= 0.6 is 19.0 Å². The van der Waals surface area contributed by atoms with Gasteiger partial charge in [-0.25, -0.2) is 0 Å². The first-order valence-corrected chi connectivity index (χ1v) is 11.2. The lowest BCUT2D eigenvalue weighted by molar-refractivity contribution is 0.186. The van der Waals surface area contributed by atoms with Crippen molar-refractivity contribution in [2.75, 3.05) is 18.9 Å². The molecule has 1 aliphatic rings. The molecule has 3 N–H and O–H groups in total. The Labute approximate surface area is 150 Å². The van der Waals surface area contributed by atoms with Crippen LogP contribution in [0.2, 0.25) is 5.02 Å². The van der Waals surface area contributed by atoms with Crippen LogP contribution in [0.3, 0.4) is 0 Å². The zero-order chi connectivity index (χ0) is 17.6. The van der Waals surface area contributed by atoms with E-state index in [0.717, 1.165) is 31.2 Å². The monoisotopic (exact) mass is 373 g/mol. The highest BCUT2D eigenvalue weighted by atomic mass is 35.5. The van der Waals surface area contributed by atoms with Gasteiger partial charge >= 0.3 is 0 Å². The first-order valence-electron chi connectivity index (χ1n) is 8.83. The van der Waals surface area contributed by atoms with E-state index in [1.807, 2.05) is 31.2 Å². The van der Waals surface area contributed by atoms with Gasteiger partial charge in [0.1, 0.15) is 0 Å². The molecule has 0 spiro atoms. The highest BCUT2D eigenvalue weighted by Crippen LogP contribution is 2.45. The molecule has 136 valence electrons. The molecule has 0 bridgehead atoms. The predicted molar refractivity (Wildman–Crippen MR) is 100 cm³/mol. The molecule has 1 aliphatic carbocycles. The van der Waals surface area contributed by atoms with Gasteiger partial charge in [-0.2, -0.15) is 0 Å². The van der Waals surface area contributed by atoms with Crippen molar-refractivity contribution in [3.8, 4) is 0 Å². The van der Waals surface area contributed by atoms with Crippen molar-refractivity contribution in [1.29, 1.82) is 0 Å². The molecule has 1 unspecified atom stereocenters. The van der Waals surface area contributed by atoms with Crippen molar-refractivity contribution < 1.29 is 14.6 Å². The van der Waals surface area contributed by atoms with Crippen LogP contribution in [0.15, 0.2) is 24.3 Å². The van der Waals surface area contributed by atoms with Gasteiger partial charge in [0.05, 0.1) is 12.3 Å². The Hall–Kier alpha value is -0.380. The van der Waals surface area contributed by atoms with Crippen LogP contribution in [-0.2, 0) is 4.57 Å². The molecular weight excluding hydrogens is 345 g/mol. The summed E-state index contributed by atoms with van der Waals surface area (Å²) in [4.78, 5) is 10.2. The average Bonchev–Trinajstić information content (AvgIpc) is 2.52. The third-order valence-electron chi connectivity index (χ3n) is 4.77. The largest absolute Gasteiger partial charge is 0.391 e. The summed E-state index contributed by atoms with van der Waals surface area (Å²) in [6.07, 6.45) is 5.16. The lowest BCUT2D eigenvalue weighted by Gasteiger charge is -2.25. The van der Waals surface area contributed by atoms with Gasteiger partial charge in [-0.15, -0.1) is 0 Å². The Bertz CT molecular complexity index is 563. The van der Waals surface area contributed by atoms with E-state index < -0.39 is 13.5 Å². The van der Waals surface area contributed by atoms with Crippen LogP contribution in [0.5, 0.6) is 0 Å². The zero-order valence-electron chi connectivity index (χ0n) is 14.3. The summed E-state index contributed by atoms with van der Waals surface area (Å²) in [6.45, 7) is 2.28. The van der Waals surface area contributed by atoms with Crippen molar-refractivity contribution in [2.24, 2.45) is 5.92 Å². The number of hydrogen-bond donors (Lipinski definition) is 3. The molecule has 0 aromatic heterocycles. The summed E-state index contributed by atoms with van der Waals surface area (Å²) in [5, 5.41) is 14.0. The van der Waals surface area contributed by atoms with E-state index in [2.05, 4.69) is 5.32 Å². The molecule has 0 aliphatic heterocycles. The fourth-order valence-corrected chi connectivity index (χ4v) is 5.76. The zero-order valence-corrected chi connectivity index (χ0v) is 16.0. The van der Waals surface area contributed by atoms with Crippen molar-refractivity contribution in [2.45, 2.75) is 51.2 Å². The lowest BCUT2D eigenvalue weighted by Crippen LogP contribution is -2.32. The SMILES string of the molecule is C[C@H](NC[C@H](O)CP(=O)(O)CC1CCCCC1)c1cccc(Cl)c1. The van der Waals surface area contributed by atoms with E-state index in [1.54, 1.807) is 0 Å². The van der Waals surface area contributed by atoms with E-state index in [4.69, 9.17) is 11.6 Å². The van der Waals surface area contributed by atoms with Crippen LogP contribution in [0.25, 0.3) is 0 Å². The minimum absolute atomic E-state index is 0.0229. The standard InChI is InChI=1S/C18H29ClNO3P/c1-14(16-8-5-9-17(19)10-16)20-11-18(21)13-24(22,23)12-15-6-3-2-4-7-15/h5,8-10,14-15,18,20-21H,2-4,6-7,11-13H2,1H3,(H,22,23)/t14-,18-/m0/s1. The first kappa shape index (κ1) is 19.9. The smallest absolute Gasteiger partial charge is 0.203 e. The third-order valence-corrected chi connectivity index (χ3v) is 7.09. The molecule has 0 amide bonds. The topological polar surface area (TPSA) is 69.6 Å². The maximum absolute atomic E-state index is 12.4. The molecule has 0 saturated heterocycles. The number of rotatable bonds is 8. The molecule has 6 heteroatoms. The quantitative estimate of drug-likeness (QED) is 0.597. The van der Waals surface area contributed by atoms with Crippen LogP contribution in [0.4, 0.5) is 0 Å². The summed E-state index contributed by atoms with van der Waals surface area (Å²) >= 11 is 5.98. The second-order valence-corrected chi connectivity index (χ2v) is 9.91. The van der Waals surface area contributed by atoms with Crippen molar-refractivity contribution >= 4 is 19.0 Å². The fraction of sp³-hybridized carbons (Fsp3) is 0.667. The van der Waals surface area contributed by atoms with E-state index >= 15 is 0 Å². The number of aliphatic hydroxyl groups is 1. The van der Waals surface area contributed by atoms with Crippen molar-refractivity contribution in [3.63, 3.8) is 0 Å². The molecule has 3 atom stereocenters. The highest BCUT2D eigenvalue weighted by Gasteiger charge is 2.28. The van der Waals surface area contributed by atoms with Gasteiger partial charge in [0, 0.05) is 23.8 Å². The number of benzene rings is 1. The molecule has 0 heterocycles. The lowest BCUT2D eigenvalue weighted by atomic mass is 9.91. The molecular formula is C18H29ClNO3P. The van der Waals surface area contributed by atoms with E-state index in [0.29, 0.717) is 23.6 Å². The molecule has 1 fully saturated rings. The van der Waals surface area contributed by atoms with Gasteiger partial charge in [-0.3, -0.25) is 4.57 Å². The number of aliphatic hydroxyl groups excluding tert-OH is 1. The molecule has 1 saturated carbocycles. The molecule has 0 radical (unpaired) electrons. The molecule has 24 heavy (non-hydrogen) atoms. The summed E-state index contributed by atoms with van der Waals surface area (Å²) < 4.78 is 12.4. The van der Waals surface area contributed by atoms with E-state index in [-0.39, 0.29) is 12.2 Å². The summed E-state index contributed by atoms with van der Waals surface area (Å²) in [5.74, 6) is 0.347. The Morgan fingerprint density at radius 3 is 2.71 bits per heavy atom. The summed E-state index contributed by atoms with van der Waals surface area (Å²) in [6, 6.07) is 7.58. The molecule has 2 rings (SSSR count). The van der Waals surface area contributed by atoms with Crippen molar-refractivity contribution in [3.05, 3.63) is 34.9 Å². The summed E-state index contributed by atoms with van der Waals surface area (Å²) in [5.41, 5.74) is 1.03. The molecule has 1 aromatic carbocycles. The maximum atomic E-state index is 12.4. The Kier molecular flexibility index (Phi) is 7.77. The Balaban J connectivity index is 1.77. The third kappa shape index (κ3) is 6.85. The van der Waals surface area contributed by atoms with Gasteiger partial charge in [-0.05, 0) is 43.4 Å². The Morgan fingerprint density at radius 2 is 2.04 bits per heavy atom. The van der Waals surface area contributed by atoms with E-state index in [1.165, 1.54) is 6.42 Å². The van der Waals surface area contributed by atoms with Gasteiger partial charge in [0.15, 0.2) is 0 Å². The summed E-state index contributed by atoms with van der Waals surface area (Å²) in [7, 11) is -3.27. The average molecular weight is 374 g/mol. The van der Waals surface area contributed by atoms with Gasteiger partial charge in [0.2, 0.25) is 7.37 Å². The second-order valence-electron chi connectivity index (χ2n) is 7.05. The van der Waals surface area contributed by atoms with Gasteiger partial charge in [-0.1, -0.05) is 43.0 Å². The number of nitrogens with one attached hydrogen (secondary N) is 1. The minimum Gasteiger partial charge on any atom is -0.391 e. The van der Waals surface area contributed by atoms with Gasteiger partial charge in [0.25, 0.3) is 0 Å². The second kappa shape index (κ2) is 9.35.